The first-order chi connectivity index (χ1) is 11.5. The van der Waals surface area contributed by atoms with Crippen LogP contribution in [0.1, 0.15) is 28.9 Å². The SMILES string of the molecule is COC1CC(CC(=O)O)N(C(=O)c2cccc3ccc(C)nc23)C1. The number of ether oxygens (including phenoxy) is 1. The number of para-hydroxylation sites is 1. The minimum absolute atomic E-state index is 0.0805. The number of aryl methyl sites for hydroxylation is 1. The lowest BCUT2D eigenvalue weighted by Gasteiger charge is -2.23. The number of likely N-dealkylation sites (tertiary alicyclic amines) is 1. The number of pyridine rings is 1. The summed E-state index contributed by atoms with van der Waals surface area (Å²) in [5.74, 6) is -1.11. The number of carbonyl (C=O) groups is 2. The third-order valence-corrected chi connectivity index (χ3v) is 4.47. The number of carboxylic acid groups (broad SMARTS) is 1. The molecule has 6 nitrogen and oxygen atoms in total. The highest BCUT2D eigenvalue weighted by atomic mass is 16.5. The van der Waals surface area contributed by atoms with Gasteiger partial charge >= 0.3 is 5.97 Å². The average Bonchev–Trinajstić information content (AvgIpc) is 2.95. The van der Waals surface area contributed by atoms with Gasteiger partial charge in [-0.25, -0.2) is 0 Å². The summed E-state index contributed by atoms with van der Waals surface area (Å²) >= 11 is 0. The highest BCUT2D eigenvalue weighted by Gasteiger charge is 2.37. The van der Waals surface area contributed by atoms with E-state index in [1.165, 1.54) is 0 Å². The van der Waals surface area contributed by atoms with Crippen LogP contribution in [-0.2, 0) is 9.53 Å². The maximum atomic E-state index is 13.1. The van der Waals surface area contributed by atoms with Crippen LogP contribution in [0, 0.1) is 6.92 Å². The van der Waals surface area contributed by atoms with Gasteiger partial charge in [0.2, 0.25) is 0 Å². The number of rotatable bonds is 4. The number of hydrogen-bond donors (Lipinski definition) is 1. The number of benzene rings is 1. The fourth-order valence-corrected chi connectivity index (χ4v) is 3.26. The highest BCUT2D eigenvalue weighted by molar-refractivity contribution is 6.05. The molecule has 1 aliphatic heterocycles. The van der Waals surface area contributed by atoms with Gasteiger partial charge in [0.15, 0.2) is 0 Å². The molecule has 0 spiro atoms. The molecule has 6 heteroatoms. The predicted octanol–water partition coefficient (Wildman–Crippen LogP) is 2.25. The van der Waals surface area contributed by atoms with Crippen LogP contribution >= 0.6 is 0 Å². The summed E-state index contributed by atoms with van der Waals surface area (Å²) in [4.78, 5) is 30.3. The third kappa shape index (κ3) is 3.10. The first kappa shape index (κ1) is 16.4. The van der Waals surface area contributed by atoms with Gasteiger partial charge in [-0.2, -0.15) is 0 Å². The molecule has 0 radical (unpaired) electrons. The number of carbonyl (C=O) groups excluding carboxylic acids is 1. The number of aliphatic carboxylic acids is 1. The lowest BCUT2D eigenvalue weighted by atomic mass is 10.1. The largest absolute Gasteiger partial charge is 0.481 e. The second kappa shape index (κ2) is 6.57. The molecule has 2 unspecified atom stereocenters. The van der Waals surface area contributed by atoms with Gasteiger partial charge in [0, 0.05) is 30.8 Å². The molecule has 1 aromatic carbocycles. The fraction of sp³-hybridized carbons (Fsp3) is 0.389. The standard InChI is InChI=1S/C18H20N2O4/c1-11-6-7-12-4-3-5-15(17(12)19-11)18(23)20-10-14(24-2)8-13(20)9-16(21)22/h3-7,13-14H,8-10H2,1-2H3,(H,21,22). The zero-order chi connectivity index (χ0) is 17.3. The maximum Gasteiger partial charge on any atom is 0.305 e. The van der Waals surface area contributed by atoms with Crippen LogP contribution in [0.2, 0.25) is 0 Å². The lowest BCUT2D eigenvalue weighted by Crippen LogP contribution is -2.37. The normalized spacial score (nSPS) is 20.5. The van der Waals surface area contributed by atoms with Crippen molar-refractivity contribution in [1.29, 1.82) is 0 Å². The van der Waals surface area contributed by atoms with E-state index in [1.807, 2.05) is 31.2 Å². The molecule has 1 aliphatic rings. The van der Waals surface area contributed by atoms with E-state index in [2.05, 4.69) is 4.98 Å². The molecule has 3 rings (SSSR count). The van der Waals surface area contributed by atoms with Crippen LogP contribution in [-0.4, -0.2) is 52.7 Å². The minimum Gasteiger partial charge on any atom is -0.481 e. The van der Waals surface area contributed by atoms with E-state index in [-0.39, 0.29) is 24.5 Å². The van der Waals surface area contributed by atoms with Gasteiger partial charge < -0.3 is 14.7 Å². The van der Waals surface area contributed by atoms with Gasteiger partial charge in [-0.1, -0.05) is 18.2 Å². The van der Waals surface area contributed by atoms with Crippen molar-refractivity contribution in [2.45, 2.75) is 31.9 Å². The molecule has 1 fully saturated rings. The summed E-state index contributed by atoms with van der Waals surface area (Å²) in [6.45, 7) is 2.28. The van der Waals surface area contributed by atoms with E-state index >= 15 is 0 Å². The van der Waals surface area contributed by atoms with Crippen molar-refractivity contribution in [2.24, 2.45) is 0 Å². The zero-order valence-corrected chi connectivity index (χ0v) is 13.7. The molecule has 2 aromatic rings. The van der Waals surface area contributed by atoms with E-state index < -0.39 is 5.97 Å². The predicted molar refractivity (Wildman–Crippen MR) is 89.0 cm³/mol. The van der Waals surface area contributed by atoms with E-state index in [4.69, 9.17) is 9.84 Å². The summed E-state index contributed by atoms with van der Waals surface area (Å²) < 4.78 is 5.34. The lowest BCUT2D eigenvalue weighted by molar-refractivity contribution is -0.137. The van der Waals surface area contributed by atoms with Gasteiger partial charge in [0.25, 0.3) is 5.91 Å². The van der Waals surface area contributed by atoms with Crippen molar-refractivity contribution in [2.75, 3.05) is 13.7 Å². The van der Waals surface area contributed by atoms with Crippen molar-refractivity contribution in [3.05, 3.63) is 41.6 Å². The number of methoxy groups -OCH3 is 1. The number of nitrogens with zero attached hydrogens (tertiary/aromatic N) is 2. The molecule has 0 bridgehead atoms. The van der Waals surface area contributed by atoms with Crippen LogP contribution in [0.3, 0.4) is 0 Å². The molecule has 0 saturated carbocycles. The Morgan fingerprint density at radius 1 is 1.33 bits per heavy atom. The maximum absolute atomic E-state index is 13.1. The van der Waals surface area contributed by atoms with Crippen LogP contribution < -0.4 is 0 Å². The Hall–Kier alpha value is -2.47. The van der Waals surface area contributed by atoms with Crippen molar-refractivity contribution in [3.8, 4) is 0 Å². The molecule has 1 aromatic heterocycles. The first-order valence-electron chi connectivity index (χ1n) is 7.91. The van der Waals surface area contributed by atoms with Crippen LogP contribution in [0.5, 0.6) is 0 Å². The van der Waals surface area contributed by atoms with Gasteiger partial charge in [-0.05, 0) is 25.5 Å². The Bertz CT molecular complexity index is 790. The van der Waals surface area contributed by atoms with Crippen molar-refractivity contribution in [1.82, 2.24) is 9.88 Å². The molecule has 2 atom stereocenters. The molecular weight excluding hydrogens is 308 g/mol. The van der Waals surface area contributed by atoms with Crippen molar-refractivity contribution >= 4 is 22.8 Å². The number of fused-ring (bicyclic) bond motifs is 1. The number of carboxylic acids is 1. The van der Waals surface area contributed by atoms with Gasteiger partial charge in [0.1, 0.15) is 0 Å². The molecule has 24 heavy (non-hydrogen) atoms. The van der Waals surface area contributed by atoms with Crippen molar-refractivity contribution < 1.29 is 19.4 Å². The minimum atomic E-state index is -0.915. The van der Waals surface area contributed by atoms with E-state index in [0.29, 0.717) is 24.0 Å². The second-order valence-electron chi connectivity index (χ2n) is 6.13. The highest BCUT2D eigenvalue weighted by Crippen LogP contribution is 2.27. The Labute approximate surface area is 140 Å². The third-order valence-electron chi connectivity index (χ3n) is 4.47. The number of hydrogen-bond acceptors (Lipinski definition) is 4. The first-order valence-corrected chi connectivity index (χ1v) is 7.91. The molecule has 1 amide bonds. The summed E-state index contributed by atoms with van der Waals surface area (Å²) in [5, 5.41) is 10.0. The van der Waals surface area contributed by atoms with Gasteiger partial charge in [0.05, 0.1) is 23.6 Å². The monoisotopic (exact) mass is 328 g/mol. The smallest absolute Gasteiger partial charge is 0.305 e. The van der Waals surface area contributed by atoms with E-state index in [9.17, 15) is 9.59 Å². The topological polar surface area (TPSA) is 79.7 Å². The molecule has 2 heterocycles. The summed E-state index contributed by atoms with van der Waals surface area (Å²) in [6, 6.07) is 8.96. The molecule has 126 valence electrons. The number of aromatic nitrogens is 1. The summed E-state index contributed by atoms with van der Waals surface area (Å²) in [7, 11) is 1.58. The Balaban J connectivity index is 1.98. The van der Waals surface area contributed by atoms with Gasteiger partial charge in [-0.3, -0.25) is 14.6 Å². The van der Waals surface area contributed by atoms with Gasteiger partial charge in [-0.15, -0.1) is 0 Å². The molecule has 1 N–H and O–H groups in total. The molecular formula is C18H20N2O4. The second-order valence-corrected chi connectivity index (χ2v) is 6.13. The Morgan fingerprint density at radius 3 is 2.83 bits per heavy atom. The van der Waals surface area contributed by atoms with Crippen LogP contribution in [0.25, 0.3) is 10.9 Å². The summed E-state index contributed by atoms with van der Waals surface area (Å²) in [6.07, 6.45) is 0.317. The van der Waals surface area contributed by atoms with E-state index in [0.717, 1.165) is 11.1 Å². The quantitative estimate of drug-likeness (QED) is 0.931. The van der Waals surface area contributed by atoms with Crippen LogP contribution in [0.4, 0.5) is 0 Å². The van der Waals surface area contributed by atoms with E-state index in [1.54, 1.807) is 18.1 Å². The molecule has 1 saturated heterocycles. The fourth-order valence-electron chi connectivity index (χ4n) is 3.26. The average molecular weight is 328 g/mol. The zero-order valence-electron chi connectivity index (χ0n) is 13.7. The molecule has 0 aliphatic carbocycles. The number of amides is 1. The summed E-state index contributed by atoms with van der Waals surface area (Å²) in [5.41, 5.74) is 1.99. The Morgan fingerprint density at radius 2 is 2.12 bits per heavy atom. The Kier molecular flexibility index (Phi) is 4.49. The van der Waals surface area contributed by atoms with Crippen LogP contribution in [0.15, 0.2) is 30.3 Å². The van der Waals surface area contributed by atoms with Crippen molar-refractivity contribution in [3.63, 3.8) is 0 Å².